The third kappa shape index (κ3) is 4.35. The Balaban J connectivity index is 1.64. The van der Waals surface area contributed by atoms with Gasteiger partial charge >= 0.3 is 5.51 Å². The standard InChI is InChI=1S/C22H19F3N6O4S2/c1-3-36(32,33)17-8-14(13-6-7-15(26-10-13)12-4-5-12)11-27-19(17)21-28-16-9-18(29-30-20(16)31(21)2)37(34,35)22(23,24)25/h6-12H,3-5H2,1-2H3. The summed E-state index contributed by atoms with van der Waals surface area (Å²) < 4.78 is 89.8. The Labute approximate surface area is 209 Å². The fraction of sp³-hybridized carbons (Fsp3) is 0.318. The lowest BCUT2D eigenvalue weighted by atomic mass is 10.1. The summed E-state index contributed by atoms with van der Waals surface area (Å²) in [4.78, 5) is 12.8. The van der Waals surface area contributed by atoms with E-state index in [0.717, 1.165) is 18.5 Å². The van der Waals surface area contributed by atoms with Gasteiger partial charge in [-0.05, 0) is 25.0 Å². The number of aromatic nitrogens is 6. The van der Waals surface area contributed by atoms with Gasteiger partial charge in [0, 0.05) is 48.2 Å². The summed E-state index contributed by atoms with van der Waals surface area (Å²) in [5, 5.41) is 5.49. The smallest absolute Gasteiger partial charge is 0.309 e. The zero-order valence-electron chi connectivity index (χ0n) is 19.4. The van der Waals surface area contributed by atoms with Crippen LogP contribution in [0.2, 0.25) is 0 Å². The molecule has 1 fully saturated rings. The molecule has 194 valence electrons. The van der Waals surface area contributed by atoms with Gasteiger partial charge < -0.3 is 4.57 Å². The van der Waals surface area contributed by atoms with Gasteiger partial charge in [-0.1, -0.05) is 13.0 Å². The van der Waals surface area contributed by atoms with E-state index in [0.29, 0.717) is 23.1 Å². The van der Waals surface area contributed by atoms with Gasteiger partial charge in [-0.25, -0.2) is 21.8 Å². The Kier molecular flexibility index (Phi) is 5.82. The number of hydrogen-bond acceptors (Lipinski definition) is 9. The van der Waals surface area contributed by atoms with Crippen LogP contribution in [0, 0.1) is 0 Å². The van der Waals surface area contributed by atoms with Crippen molar-refractivity contribution in [2.75, 3.05) is 5.75 Å². The second-order valence-corrected chi connectivity index (χ2v) is 12.7. The number of pyridine rings is 2. The van der Waals surface area contributed by atoms with Crippen LogP contribution in [0.15, 0.2) is 46.6 Å². The van der Waals surface area contributed by atoms with Crippen LogP contribution >= 0.6 is 0 Å². The Hall–Kier alpha value is -3.46. The quantitative estimate of drug-likeness (QED) is 0.352. The molecular formula is C22H19F3N6O4S2. The fourth-order valence-corrected chi connectivity index (χ4v) is 5.50. The molecule has 10 nitrogen and oxygen atoms in total. The van der Waals surface area contributed by atoms with Gasteiger partial charge in [0.25, 0.3) is 9.84 Å². The molecular weight excluding hydrogens is 533 g/mol. The fourth-order valence-electron chi connectivity index (χ4n) is 3.79. The van der Waals surface area contributed by atoms with Crippen molar-refractivity contribution in [2.24, 2.45) is 7.05 Å². The highest BCUT2D eigenvalue weighted by atomic mass is 32.2. The Morgan fingerprint density at radius 1 is 1.00 bits per heavy atom. The average Bonchev–Trinajstić information content (AvgIpc) is 3.66. The molecule has 0 atom stereocenters. The van der Waals surface area contributed by atoms with Crippen LogP contribution in [0.3, 0.4) is 0 Å². The normalized spacial score (nSPS) is 14.8. The molecule has 0 aromatic carbocycles. The second kappa shape index (κ2) is 8.55. The molecule has 1 aliphatic rings. The van der Waals surface area contributed by atoms with E-state index in [1.165, 1.54) is 30.8 Å². The lowest BCUT2D eigenvalue weighted by Crippen LogP contribution is -2.24. The van der Waals surface area contributed by atoms with E-state index in [-0.39, 0.29) is 33.3 Å². The van der Waals surface area contributed by atoms with E-state index >= 15 is 0 Å². The minimum Gasteiger partial charge on any atom is -0.309 e. The molecule has 0 radical (unpaired) electrons. The van der Waals surface area contributed by atoms with Crippen LogP contribution < -0.4 is 0 Å². The minimum atomic E-state index is -5.75. The van der Waals surface area contributed by atoms with Gasteiger partial charge in [0.15, 0.2) is 26.3 Å². The van der Waals surface area contributed by atoms with Gasteiger partial charge in [-0.3, -0.25) is 9.97 Å². The van der Waals surface area contributed by atoms with Crippen LogP contribution in [0.25, 0.3) is 33.8 Å². The van der Waals surface area contributed by atoms with E-state index in [2.05, 4.69) is 25.1 Å². The molecule has 4 heterocycles. The molecule has 1 saturated carbocycles. The van der Waals surface area contributed by atoms with Gasteiger partial charge in [0.2, 0.25) is 0 Å². The minimum absolute atomic E-state index is 0.0355. The van der Waals surface area contributed by atoms with Gasteiger partial charge in [-0.2, -0.15) is 13.2 Å². The van der Waals surface area contributed by atoms with Crippen molar-refractivity contribution in [1.82, 2.24) is 29.7 Å². The molecule has 1 aliphatic carbocycles. The number of fused-ring (bicyclic) bond motifs is 1. The van der Waals surface area contributed by atoms with Crippen LogP contribution in [0.5, 0.6) is 0 Å². The maximum Gasteiger partial charge on any atom is 0.503 e. The van der Waals surface area contributed by atoms with Crippen LogP contribution in [0.1, 0.15) is 31.4 Å². The molecule has 0 saturated heterocycles. The number of rotatable bonds is 6. The van der Waals surface area contributed by atoms with Crippen molar-refractivity contribution in [2.45, 2.75) is 41.1 Å². The molecule has 0 unspecified atom stereocenters. The Bertz CT molecular complexity index is 1750. The second-order valence-electron chi connectivity index (χ2n) is 8.56. The summed E-state index contributed by atoms with van der Waals surface area (Å²) in [6.45, 7) is 1.46. The van der Waals surface area contributed by atoms with E-state index in [1.54, 1.807) is 6.20 Å². The molecule has 0 spiro atoms. The molecule has 0 aliphatic heterocycles. The molecule has 4 aromatic rings. The number of halogens is 3. The van der Waals surface area contributed by atoms with Crippen molar-refractivity contribution >= 4 is 30.8 Å². The highest BCUT2D eigenvalue weighted by molar-refractivity contribution is 7.92. The van der Waals surface area contributed by atoms with Crippen molar-refractivity contribution in [3.8, 4) is 22.6 Å². The molecule has 15 heteroatoms. The van der Waals surface area contributed by atoms with Crippen molar-refractivity contribution in [1.29, 1.82) is 0 Å². The van der Waals surface area contributed by atoms with E-state index in [1.807, 2.05) is 12.1 Å². The largest absolute Gasteiger partial charge is 0.503 e. The first-order valence-electron chi connectivity index (χ1n) is 11.0. The van der Waals surface area contributed by atoms with E-state index in [4.69, 9.17) is 0 Å². The molecule has 0 amide bonds. The molecule has 5 rings (SSSR count). The summed E-state index contributed by atoms with van der Waals surface area (Å²) in [5.74, 6) is 0.173. The molecule has 0 N–H and O–H groups in total. The number of alkyl halides is 3. The van der Waals surface area contributed by atoms with Gasteiger partial charge in [-0.15, -0.1) is 10.2 Å². The zero-order chi connectivity index (χ0) is 26.8. The first-order chi connectivity index (χ1) is 17.3. The Morgan fingerprint density at radius 2 is 1.70 bits per heavy atom. The molecule has 0 bridgehead atoms. The van der Waals surface area contributed by atoms with E-state index in [9.17, 15) is 30.0 Å². The number of nitrogens with zero attached hydrogens (tertiary/aromatic N) is 6. The summed E-state index contributed by atoms with van der Waals surface area (Å²) >= 11 is 0. The lowest BCUT2D eigenvalue weighted by molar-refractivity contribution is -0.0438. The molecule has 37 heavy (non-hydrogen) atoms. The summed E-state index contributed by atoms with van der Waals surface area (Å²) in [7, 11) is -8.15. The Morgan fingerprint density at radius 3 is 2.30 bits per heavy atom. The predicted molar refractivity (Wildman–Crippen MR) is 126 cm³/mol. The average molecular weight is 553 g/mol. The number of aryl methyl sites for hydroxylation is 1. The van der Waals surface area contributed by atoms with Crippen molar-refractivity contribution in [3.63, 3.8) is 0 Å². The van der Waals surface area contributed by atoms with Gasteiger partial charge in [0.1, 0.15) is 11.2 Å². The zero-order valence-corrected chi connectivity index (χ0v) is 21.1. The van der Waals surface area contributed by atoms with Crippen molar-refractivity contribution < 1.29 is 30.0 Å². The van der Waals surface area contributed by atoms with Crippen molar-refractivity contribution in [3.05, 3.63) is 42.4 Å². The van der Waals surface area contributed by atoms with Crippen LogP contribution in [0.4, 0.5) is 13.2 Å². The van der Waals surface area contributed by atoms with Crippen LogP contribution in [-0.2, 0) is 26.7 Å². The monoisotopic (exact) mass is 552 g/mol. The number of imidazole rings is 1. The summed E-state index contributed by atoms with van der Waals surface area (Å²) in [6.07, 6.45) is 5.28. The maximum absolute atomic E-state index is 13.0. The summed E-state index contributed by atoms with van der Waals surface area (Å²) in [5.41, 5.74) is -3.77. The highest BCUT2D eigenvalue weighted by Gasteiger charge is 2.48. The molecule has 4 aromatic heterocycles. The number of hydrogen-bond donors (Lipinski definition) is 0. The van der Waals surface area contributed by atoms with Gasteiger partial charge in [0.05, 0.1) is 10.6 Å². The third-order valence-corrected chi connectivity index (χ3v) is 9.17. The lowest BCUT2D eigenvalue weighted by Gasteiger charge is -2.11. The predicted octanol–water partition coefficient (Wildman–Crippen LogP) is 3.45. The summed E-state index contributed by atoms with van der Waals surface area (Å²) in [6, 6.07) is 5.82. The third-order valence-electron chi connectivity index (χ3n) is 6.07. The SMILES string of the molecule is CCS(=O)(=O)c1cc(-c2ccc(C3CC3)nc2)cnc1-c1nc2cc(S(=O)(=O)C(F)(F)F)nnc2n1C. The maximum atomic E-state index is 13.0. The van der Waals surface area contributed by atoms with E-state index < -0.39 is 30.2 Å². The van der Waals surface area contributed by atoms with Crippen LogP contribution in [-0.4, -0.2) is 57.8 Å². The topological polar surface area (TPSA) is 138 Å². The first-order valence-corrected chi connectivity index (χ1v) is 14.2. The number of sulfone groups is 2. The highest BCUT2D eigenvalue weighted by Crippen LogP contribution is 2.39. The first kappa shape index (κ1) is 25.2.